The van der Waals surface area contributed by atoms with Crippen LogP contribution in [0, 0.1) is 5.92 Å². The molecule has 3 aromatic rings. The molecule has 0 unspecified atom stereocenters. The second kappa shape index (κ2) is 8.78. The maximum Gasteiger partial charge on any atom is 0.259 e. The largest absolute Gasteiger partial charge is 0.387 e. The van der Waals surface area contributed by atoms with Gasteiger partial charge in [-0.2, -0.15) is 0 Å². The van der Waals surface area contributed by atoms with Crippen LogP contribution in [-0.2, 0) is 19.4 Å². The summed E-state index contributed by atoms with van der Waals surface area (Å²) in [5.41, 5.74) is 2.11. The highest BCUT2D eigenvalue weighted by molar-refractivity contribution is 7.18. The second-order valence-corrected chi connectivity index (χ2v) is 9.29. The van der Waals surface area contributed by atoms with Crippen molar-refractivity contribution in [3.05, 3.63) is 62.5 Å². The van der Waals surface area contributed by atoms with Gasteiger partial charge in [-0.1, -0.05) is 44.2 Å². The van der Waals surface area contributed by atoms with Gasteiger partial charge >= 0.3 is 0 Å². The molecule has 2 aromatic heterocycles. The summed E-state index contributed by atoms with van der Waals surface area (Å²) < 4.78 is 0. The minimum Gasteiger partial charge on any atom is -0.387 e. The predicted molar refractivity (Wildman–Crippen MR) is 118 cm³/mol. The summed E-state index contributed by atoms with van der Waals surface area (Å²) in [5, 5.41) is 11.4. The number of thiophene rings is 1. The number of aliphatic hydroxyl groups excluding tert-OH is 1. The maximum absolute atomic E-state index is 12.8. The molecule has 0 amide bonds. The zero-order chi connectivity index (χ0) is 20.4. The van der Waals surface area contributed by atoms with Crippen LogP contribution >= 0.6 is 11.3 Å². The highest BCUT2D eigenvalue weighted by Gasteiger charge is 2.23. The molecule has 1 aromatic carbocycles. The monoisotopic (exact) mass is 411 g/mol. The van der Waals surface area contributed by atoms with E-state index in [1.807, 2.05) is 30.3 Å². The molecular weight excluding hydrogens is 382 g/mol. The van der Waals surface area contributed by atoms with E-state index in [1.54, 1.807) is 11.3 Å². The molecule has 1 aliphatic rings. The summed E-state index contributed by atoms with van der Waals surface area (Å²) in [4.78, 5) is 25.0. The van der Waals surface area contributed by atoms with Gasteiger partial charge in [-0.05, 0) is 49.3 Å². The zero-order valence-electron chi connectivity index (χ0n) is 17.1. The molecule has 6 heteroatoms. The van der Waals surface area contributed by atoms with Crippen LogP contribution < -0.4 is 5.56 Å². The van der Waals surface area contributed by atoms with Crippen molar-refractivity contribution in [2.24, 2.45) is 5.92 Å². The summed E-state index contributed by atoms with van der Waals surface area (Å²) in [6, 6.07) is 9.71. The number of rotatable bonds is 7. The van der Waals surface area contributed by atoms with Crippen LogP contribution in [0.4, 0.5) is 0 Å². The van der Waals surface area contributed by atoms with Crippen LogP contribution in [0.15, 0.2) is 35.1 Å². The van der Waals surface area contributed by atoms with Gasteiger partial charge in [0.05, 0.1) is 18.0 Å². The van der Waals surface area contributed by atoms with Gasteiger partial charge in [0, 0.05) is 11.4 Å². The van der Waals surface area contributed by atoms with Crippen molar-refractivity contribution in [2.75, 3.05) is 13.1 Å². The first-order chi connectivity index (χ1) is 14.0. The predicted octanol–water partition coefficient (Wildman–Crippen LogP) is 4.06. The average Bonchev–Trinajstić information content (AvgIpc) is 3.06. The Balaban J connectivity index is 1.57. The van der Waals surface area contributed by atoms with E-state index in [0.717, 1.165) is 48.0 Å². The van der Waals surface area contributed by atoms with Gasteiger partial charge in [-0.15, -0.1) is 11.3 Å². The zero-order valence-corrected chi connectivity index (χ0v) is 18.0. The molecule has 154 valence electrons. The van der Waals surface area contributed by atoms with Crippen molar-refractivity contribution >= 4 is 21.6 Å². The Morgan fingerprint density at radius 2 is 2.14 bits per heavy atom. The molecule has 5 nitrogen and oxygen atoms in total. The molecule has 29 heavy (non-hydrogen) atoms. The molecule has 4 rings (SSSR count). The number of hydrogen-bond acceptors (Lipinski definition) is 5. The SMILES string of the molecule is CCCN(Cc1nc2sc3c(c2c(=O)[nH]1)CC[C@@H](C)C3)C[C@@H](O)c1ccccc1. The van der Waals surface area contributed by atoms with Gasteiger partial charge < -0.3 is 10.1 Å². The fourth-order valence-corrected chi connectivity index (χ4v) is 5.66. The molecular formula is C23H29N3O2S. The van der Waals surface area contributed by atoms with E-state index in [1.165, 1.54) is 10.4 Å². The second-order valence-electron chi connectivity index (χ2n) is 8.21. The lowest BCUT2D eigenvalue weighted by molar-refractivity contribution is 0.107. The number of aromatic amines is 1. The first-order valence-corrected chi connectivity index (χ1v) is 11.4. The van der Waals surface area contributed by atoms with Crippen LogP contribution in [0.5, 0.6) is 0 Å². The van der Waals surface area contributed by atoms with Crippen molar-refractivity contribution in [1.29, 1.82) is 0 Å². The van der Waals surface area contributed by atoms with E-state index in [0.29, 0.717) is 24.8 Å². The molecule has 0 aliphatic heterocycles. The molecule has 0 bridgehead atoms. The molecule has 1 aliphatic carbocycles. The Labute approximate surface area is 175 Å². The number of aliphatic hydroxyl groups is 1. The molecule has 0 radical (unpaired) electrons. The third-order valence-electron chi connectivity index (χ3n) is 5.74. The first-order valence-electron chi connectivity index (χ1n) is 10.5. The third-order valence-corrected chi connectivity index (χ3v) is 6.89. The Morgan fingerprint density at radius 1 is 1.34 bits per heavy atom. The lowest BCUT2D eigenvalue weighted by Gasteiger charge is -2.24. The van der Waals surface area contributed by atoms with Gasteiger partial charge in [0.25, 0.3) is 5.56 Å². The third kappa shape index (κ3) is 4.44. The van der Waals surface area contributed by atoms with Crippen LogP contribution in [0.25, 0.3) is 10.2 Å². The van der Waals surface area contributed by atoms with E-state index in [9.17, 15) is 9.90 Å². The van der Waals surface area contributed by atoms with Crippen LogP contribution in [-0.4, -0.2) is 33.1 Å². The van der Waals surface area contributed by atoms with Crippen LogP contribution in [0.2, 0.25) is 0 Å². The molecule has 0 spiro atoms. The number of aromatic nitrogens is 2. The summed E-state index contributed by atoms with van der Waals surface area (Å²) >= 11 is 1.68. The van der Waals surface area contributed by atoms with Crippen molar-refractivity contribution in [1.82, 2.24) is 14.9 Å². The maximum atomic E-state index is 12.8. The Bertz CT molecular complexity index is 1030. The van der Waals surface area contributed by atoms with E-state index >= 15 is 0 Å². The molecule has 0 fully saturated rings. The molecule has 0 saturated heterocycles. The average molecular weight is 412 g/mol. The summed E-state index contributed by atoms with van der Waals surface area (Å²) in [6.45, 7) is 6.27. The Hall–Kier alpha value is -2.02. The number of nitrogens with one attached hydrogen (secondary N) is 1. The number of aryl methyl sites for hydroxylation is 1. The van der Waals surface area contributed by atoms with E-state index in [-0.39, 0.29) is 5.56 Å². The van der Waals surface area contributed by atoms with Gasteiger partial charge in [0.1, 0.15) is 10.7 Å². The number of benzene rings is 1. The Kier molecular flexibility index (Phi) is 6.13. The molecule has 0 saturated carbocycles. The van der Waals surface area contributed by atoms with Gasteiger partial charge in [-0.25, -0.2) is 4.98 Å². The highest BCUT2D eigenvalue weighted by Crippen LogP contribution is 2.35. The van der Waals surface area contributed by atoms with Crippen molar-refractivity contribution in [2.45, 2.75) is 52.2 Å². The number of hydrogen-bond donors (Lipinski definition) is 2. The van der Waals surface area contributed by atoms with Crippen molar-refractivity contribution < 1.29 is 5.11 Å². The van der Waals surface area contributed by atoms with E-state index in [2.05, 4.69) is 23.7 Å². The van der Waals surface area contributed by atoms with E-state index in [4.69, 9.17) is 4.98 Å². The standard InChI is InChI=1S/C23H29N3O2S/c1-3-11-26(13-18(27)16-7-5-4-6-8-16)14-20-24-22(28)21-17-10-9-15(2)12-19(17)29-23(21)25-20/h4-8,15,18,27H,3,9-14H2,1-2H3,(H,24,25,28)/t15-,18-/m1/s1. The minimum atomic E-state index is -0.561. The highest BCUT2D eigenvalue weighted by atomic mass is 32.1. The smallest absolute Gasteiger partial charge is 0.259 e. The molecule has 2 atom stereocenters. The topological polar surface area (TPSA) is 69.2 Å². The summed E-state index contributed by atoms with van der Waals surface area (Å²) in [5.74, 6) is 1.36. The summed E-state index contributed by atoms with van der Waals surface area (Å²) in [7, 11) is 0. The quantitative estimate of drug-likeness (QED) is 0.615. The fraction of sp³-hybridized carbons (Fsp3) is 0.478. The van der Waals surface area contributed by atoms with Gasteiger partial charge in [0.2, 0.25) is 0 Å². The van der Waals surface area contributed by atoms with Gasteiger partial charge in [-0.3, -0.25) is 9.69 Å². The molecule has 2 heterocycles. The fourth-order valence-electron chi connectivity index (χ4n) is 4.26. The van der Waals surface area contributed by atoms with Gasteiger partial charge in [0.15, 0.2) is 0 Å². The van der Waals surface area contributed by atoms with Crippen LogP contribution in [0.3, 0.4) is 0 Å². The Morgan fingerprint density at radius 3 is 2.90 bits per heavy atom. The van der Waals surface area contributed by atoms with E-state index < -0.39 is 6.10 Å². The number of H-pyrrole nitrogens is 1. The summed E-state index contributed by atoms with van der Waals surface area (Å²) in [6.07, 6.45) is 3.58. The number of nitrogens with zero attached hydrogens (tertiary/aromatic N) is 2. The lowest BCUT2D eigenvalue weighted by atomic mass is 9.89. The number of fused-ring (bicyclic) bond motifs is 3. The lowest BCUT2D eigenvalue weighted by Crippen LogP contribution is -2.30. The van der Waals surface area contributed by atoms with Crippen LogP contribution in [0.1, 0.15) is 54.6 Å². The van der Waals surface area contributed by atoms with Crippen molar-refractivity contribution in [3.63, 3.8) is 0 Å². The normalized spacial score (nSPS) is 17.6. The van der Waals surface area contributed by atoms with Crippen molar-refractivity contribution in [3.8, 4) is 0 Å². The first kappa shape index (κ1) is 20.3. The molecule has 2 N–H and O–H groups in total. The minimum absolute atomic E-state index is 0.0166.